The lowest BCUT2D eigenvalue weighted by atomic mass is 9.90. The van der Waals surface area contributed by atoms with Crippen LogP contribution in [0.1, 0.15) is 33.1 Å². The first-order valence-electron chi connectivity index (χ1n) is 7.92. The molecule has 3 rings (SSSR count). The van der Waals surface area contributed by atoms with Crippen LogP contribution in [0.3, 0.4) is 0 Å². The quantitative estimate of drug-likeness (QED) is 0.918. The molecule has 0 spiro atoms. The van der Waals surface area contributed by atoms with E-state index in [1.54, 1.807) is 7.11 Å². The minimum Gasteiger partial charge on any atom is -0.495 e. The zero-order valence-electron chi connectivity index (χ0n) is 13.2. The van der Waals surface area contributed by atoms with Crippen LogP contribution in [0.25, 0.3) is 0 Å². The zero-order valence-corrected chi connectivity index (χ0v) is 13.9. The van der Waals surface area contributed by atoms with Crippen LogP contribution >= 0.6 is 11.6 Å². The van der Waals surface area contributed by atoms with E-state index >= 15 is 0 Å². The number of benzene rings is 1. The molecule has 116 valence electrons. The van der Waals surface area contributed by atoms with Crippen molar-refractivity contribution in [2.45, 2.75) is 44.7 Å². The highest BCUT2D eigenvalue weighted by Gasteiger charge is 2.46. The van der Waals surface area contributed by atoms with Gasteiger partial charge in [-0.2, -0.15) is 0 Å². The molecule has 1 heterocycles. The van der Waals surface area contributed by atoms with Gasteiger partial charge in [0.25, 0.3) is 0 Å². The molecule has 3 nitrogen and oxygen atoms in total. The Bertz CT molecular complexity index is 518. The van der Waals surface area contributed by atoms with Gasteiger partial charge < -0.3 is 15.0 Å². The fourth-order valence-corrected chi connectivity index (χ4v) is 3.69. The van der Waals surface area contributed by atoms with Crippen molar-refractivity contribution in [2.24, 2.45) is 5.92 Å². The molecule has 0 aromatic heterocycles. The molecule has 1 aromatic carbocycles. The second-order valence-electron chi connectivity index (χ2n) is 6.58. The van der Waals surface area contributed by atoms with Gasteiger partial charge in [-0.15, -0.1) is 0 Å². The second kappa shape index (κ2) is 5.69. The van der Waals surface area contributed by atoms with Crippen LogP contribution in [-0.2, 0) is 0 Å². The van der Waals surface area contributed by atoms with Gasteiger partial charge in [0.1, 0.15) is 5.75 Å². The molecule has 1 N–H and O–H groups in total. The second-order valence-corrected chi connectivity index (χ2v) is 7.02. The number of ether oxygens (including phenoxy) is 1. The Balaban J connectivity index is 1.94. The van der Waals surface area contributed by atoms with E-state index in [2.05, 4.69) is 24.1 Å². The average molecular weight is 309 g/mol. The summed E-state index contributed by atoms with van der Waals surface area (Å²) in [5.74, 6) is 1.72. The fraction of sp³-hybridized carbons (Fsp3) is 0.647. The molecule has 1 aliphatic heterocycles. The number of nitrogens with one attached hydrogen (secondary N) is 1. The van der Waals surface area contributed by atoms with Crippen molar-refractivity contribution in [1.82, 2.24) is 5.32 Å². The highest BCUT2D eigenvalue weighted by atomic mass is 35.5. The summed E-state index contributed by atoms with van der Waals surface area (Å²) < 4.78 is 5.57. The first-order valence-corrected chi connectivity index (χ1v) is 8.30. The topological polar surface area (TPSA) is 24.5 Å². The lowest BCUT2D eigenvalue weighted by Crippen LogP contribution is -2.64. The maximum absolute atomic E-state index is 6.23. The van der Waals surface area contributed by atoms with Crippen molar-refractivity contribution in [1.29, 1.82) is 0 Å². The summed E-state index contributed by atoms with van der Waals surface area (Å²) in [6, 6.07) is 6.40. The van der Waals surface area contributed by atoms with Crippen molar-refractivity contribution in [3.05, 3.63) is 23.2 Å². The fourth-order valence-electron chi connectivity index (χ4n) is 3.53. The van der Waals surface area contributed by atoms with E-state index in [0.29, 0.717) is 6.04 Å². The Morgan fingerprint density at radius 1 is 1.43 bits per heavy atom. The molecule has 0 bridgehead atoms. The molecule has 2 fully saturated rings. The summed E-state index contributed by atoms with van der Waals surface area (Å²) in [5.41, 5.74) is 1.34. The number of nitrogens with zero attached hydrogens (tertiary/aromatic N) is 1. The lowest BCUT2D eigenvalue weighted by Gasteiger charge is -2.48. The molecule has 21 heavy (non-hydrogen) atoms. The van der Waals surface area contributed by atoms with Crippen LogP contribution in [0.4, 0.5) is 5.69 Å². The number of hydrogen-bond acceptors (Lipinski definition) is 3. The number of anilines is 1. The smallest absolute Gasteiger partial charge is 0.142 e. The number of hydrogen-bond donors (Lipinski definition) is 1. The van der Waals surface area contributed by atoms with Crippen LogP contribution in [0, 0.1) is 5.92 Å². The number of piperazine rings is 1. The molecule has 1 saturated carbocycles. The summed E-state index contributed by atoms with van der Waals surface area (Å²) >= 11 is 6.23. The summed E-state index contributed by atoms with van der Waals surface area (Å²) in [6.45, 7) is 6.66. The summed E-state index contributed by atoms with van der Waals surface area (Å²) in [6.07, 6.45) is 3.81. The third-order valence-electron chi connectivity index (χ3n) is 5.08. The summed E-state index contributed by atoms with van der Waals surface area (Å²) in [5, 5.41) is 4.57. The molecule has 2 atom stereocenters. The van der Waals surface area contributed by atoms with Gasteiger partial charge in [-0.1, -0.05) is 18.5 Å². The van der Waals surface area contributed by atoms with Crippen molar-refractivity contribution in [3.63, 3.8) is 0 Å². The Labute approximate surface area is 132 Å². The van der Waals surface area contributed by atoms with Gasteiger partial charge in [0, 0.05) is 29.7 Å². The molecule has 2 aliphatic rings. The van der Waals surface area contributed by atoms with Crippen molar-refractivity contribution >= 4 is 17.3 Å². The van der Waals surface area contributed by atoms with E-state index in [-0.39, 0.29) is 5.54 Å². The third-order valence-corrected chi connectivity index (χ3v) is 5.32. The molecule has 4 heteroatoms. The van der Waals surface area contributed by atoms with Gasteiger partial charge in [0.2, 0.25) is 0 Å². The largest absolute Gasteiger partial charge is 0.495 e. The maximum Gasteiger partial charge on any atom is 0.142 e. The Morgan fingerprint density at radius 2 is 2.19 bits per heavy atom. The molecular weight excluding hydrogens is 284 g/mol. The molecule has 1 aromatic rings. The van der Waals surface area contributed by atoms with Gasteiger partial charge in [0.05, 0.1) is 12.8 Å². The third kappa shape index (κ3) is 2.86. The maximum atomic E-state index is 6.23. The molecular formula is C17H25ClN2O. The Hall–Kier alpha value is -0.930. The average Bonchev–Trinajstić information content (AvgIpc) is 3.32. The highest BCUT2D eigenvalue weighted by Crippen LogP contribution is 2.43. The van der Waals surface area contributed by atoms with Crippen molar-refractivity contribution in [3.8, 4) is 5.75 Å². The first-order chi connectivity index (χ1) is 10.1. The highest BCUT2D eigenvalue weighted by molar-refractivity contribution is 6.30. The summed E-state index contributed by atoms with van der Waals surface area (Å²) in [7, 11) is 1.73. The SMILES string of the molecule is CCC1CNC(C)(C2CC2)CN1c1cc(Cl)ccc1OC. The predicted octanol–water partition coefficient (Wildman–Crippen LogP) is 3.71. The molecule has 1 aliphatic carbocycles. The van der Waals surface area contributed by atoms with Crippen LogP contribution in [0.15, 0.2) is 18.2 Å². The normalized spacial score (nSPS) is 29.5. The van der Waals surface area contributed by atoms with Crippen LogP contribution in [-0.4, -0.2) is 31.8 Å². The van der Waals surface area contributed by atoms with Gasteiger partial charge in [-0.25, -0.2) is 0 Å². The number of halogens is 1. The molecule has 0 radical (unpaired) electrons. The van der Waals surface area contributed by atoms with Crippen LogP contribution in [0.5, 0.6) is 5.75 Å². The monoisotopic (exact) mass is 308 g/mol. The van der Waals surface area contributed by atoms with E-state index in [4.69, 9.17) is 16.3 Å². The molecule has 1 saturated heterocycles. The van der Waals surface area contributed by atoms with E-state index in [1.807, 2.05) is 18.2 Å². The van der Waals surface area contributed by atoms with E-state index in [1.165, 1.54) is 12.8 Å². The van der Waals surface area contributed by atoms with Gasteiger partial charge in [0.15, 0.2) is 0 Å². The van der Waals surface area contributed by atoms with E-state index < -0.39 is 0 Å². The zero-order chi connectivity index (χ0) is 15.0. The Kier molecular flexibility index (Phi) is 4.06. The minimum atomic E-state index is 0.207. The molecule has 2 unspecified atom stereocenters. The first kappa shape index (κ1) is 15.0. The number of rotatable bonds is 4. The standard InChI is InChI=1S/C17H25ClN2O/c1-4-14-10-19-17(2,12-5-6-12)11-20(14)15-9-13(18)7-8-16(15)21-3/h7-9,12,14,19H,4-6,10-11H2,1-3H3. The summed E-state index contributed by atoms with van der Waals surface area (Å²) in [4.78, 5) is 2.50. The van der Waals surface area contributed by atoms with Crippen molar-refractivity contribution in [2.75, 3.05) is 25.1 Å². The van der Waals surface area contributed by atoms with E-state index in [0.717, 1.165) is 41.9 Å². The lowest BCUT2D eigenvalue weighted by molar-refractivity contribution is 0.251. The van der Waals surface area contributed by atoms with Gasteiger partial charge in [-0.05, 0) is 50.3 Å². The van der Waals surface area contributed by atoms with Crippen LogP contribution in [0.2, 0.25) is 5.02 Å². The number of methoxy groups -OCH3 is 1. The van der Waals surface area contributed by atoms with Crippen LogP contribution < -0.4 is 15.0 Å². The predicted molar refractivity (Wildman–Crippen MR) is 88.6 cm³/mol. The van der Waals surface area contributed by atoms with Gasteiger partial charge in [-0.3, -0.25) is 0 Å². The van der Waals surface area contributed by atoms with Gasteiger partial charge >= 0.3 is 0 Å². The van der Waals surface area contributed by atoms with E-state index in [9.17, 15) is 0 Å². The Morgan fingerprint density at radius 3 is 2.81 bits per heavy atom. The minimum absolute atomic E-state index is 0.207. The van der Waals surface area contributed by atoms with Crippen molar-refractivity contribution < 1.29 is 4.74 Å². The molecule has 0 amide bonds.